The number of hydrogen-bond acceptors (Lipinski definition) is 5. The van der Waals surface area contributed by atoms with Crippen LogP contribution in [0.5, 0.6) is 11.5 Å². The number of rotatable bonds is 5. The molecule has 0 radical (unpaired) electrons. The van der Waals surface area contributed by atoms with Crippen molar-refractivity contribution in [2.75, 3.05) is 14.2 Å². The van der Waals surface area contributed by atoms with Crippen molar-refractivity contribution < 1.29 is 19.4 Å². The number of ether oxygens (including phenoxy) is 2. The number of hydrogen-bond donors (Lipinski definition) is 1. The third-order valence-electron chi connectivity index (χ3n) is 2.83. The highest BCUT2D eigenvalue weighted by Gasteiger charge is 2.12. The summed E-state index contributed by atoms with van der Waals surface area (Å²) in [6.45, 7) is -0.501. The standard InChI is InChI=1S/C14H14N2O5/c1-20-9-3-5-12(21-2)10(7-9)11-4-6-13(17)16(15-11)8-14(18)19/h3-7H,8H2,1-2H3,(H,18,19). The molecule has 0 aliphatic rings. The molecule has 0 amide bonds. The van der Waals surface area contributed by atoms with Gasteiger partial charge in [0.15, 0.2) is 0 Å². The van der Waals surface area contributed by atoms with E-state index in [0.29, 0.717) is 22.8 Å². The highest BCUT2D eigenvalue weighted by atomic mass is 16.5. The Hall–Kier alpha value is -2.83. The van der Waals surface area contributed by atoms with Crippen LogP contribution in [0.15, 0.2) is 35.1 Å². The Kier molecular flexibility index (Phi) is 4.22. The smallest absolute Gasteiger partial charge is 0.325 e. The third-order valence-corrected chi connectivity index (χ3v) is 2.83. The number of carboxylic acid groups (broad SMARTS) is 1. The Bertz CT molecular complexity index is 724. The molecule has 1 heterocycles. The van der Waals surface area contributed by atoms with E-state index >= 15 is 0 Å². The van der Waals surface area contributed by atoms with Gasteiger partial charge in [0.05, 0.1) is 19.9 Å². The molecule has 7 heteroatoms. The lowest BCUT2D eigenvalue weighted by Crippen LogP contribution is -2.26. The van der Waals surface area contributed by atoms with E-state index in [9.17, 15) is 9.59 Å². The predicted molar refractivity (Wildman–Crippen MR) is 74.7 cm³/mol. The summed E-state index contributed by atoms with van der Waals surface area (Å²) in [6, 6.07) is 7.93. The molecule has 0 saturated heterocycles. The quantitative estimate of drug-likeness (QED) is 0.883. The van der Waals surface area contributed by atoms with Crippen LogP contribution in [0.25, 0.3) is 11.3 Å². The molecule has 0 unspecified atom stereocenters. The summed E-state index contributed by atoms with van der Waals surface area (Å²) in [4.78, 5) is 22.3. The van der Waals surface area contributed by atoms with Crippen molar-refractivity contribution in [2.24, 2.45) is 0 Å². The van der Waals surface area contributed by atoms with E-state index in [1.165, 1.54) is 26.4 Å². The number of benzene rings is 1. The van der Waals surface area contributed by atoms with Crippen molar-refractivity contribution in [3.05, 3.63) is 40.7 Å². The van der Waals surface area contributed by atoms with Gasteiger partial charge >= 0.3 is 5.97 Å². The molecule has 21 heavy (non-hydrogen) atoms. The highest BCUT2D eigenvalue weighted by molar-refractivity contribution is 5.69. The third kappa shape index (κ3) is 3.19. The molecule has 2 aromatic rings. The van der Waals surface area contributed by atoms with Crippen LogP contribution in [0, 0.1) is 0 Å². The van der Waals surface area contributed by atoms with Crippen LogP contribution in [0.4, 0.5) is 0 Å². The predicted octanol–water partition coefficient (Wildman–Crippen LogP) is 1.01. The second-order valence-electron chi connectivity index (χ2n) is 4.17. The van der Waals surface area contributed by atoms with Crippen molar-refractivity contribution in [3.8, 4) is 22.8 Å². The molecule has 7 nitrogen and oxygen atoms in total. The van der Waals surface area contributed by atoms with Crippen LogP contribution >= 0.6 is 0 Å². The van der Waals surface area contributed by atoms with Crippen LogP contribution in [0.1, 0.15) is 0 Å². The summed E-state index contributed by atoms with van der Waals surface area (Å²) in [5.41, 5.74) is 0.547. The zero-order valence-electron chi connectivity index (χ0n) is 11.6. The lowest BCUT2D eigenvalue weighted by atomic mass is 10.1. The van der Waals surface area contributed by atoms with E-state index in [1.54, 1.807) is 18.2 Å². The maximum atomic E-state index is 11.6. The first-order chi connectivity index (χ1) is 10.0. The molecule has 0 spiro atoms. The highest BCUT2D eigenvalue weighted by Crippen LogP contribution is 2.31. The minimum atomic E-state index is -1.14. The maximum absolute atomic E-state index is 11.6. The molecule has 0 atom stereocenters. The fourth-order valence-electron chi connectivity index (χ4n) is 1.85. The van der Waals surface area contributed by atoms with Gasteiger partial charge in [-0.05, 0) is 24.3 Å². The minimum absolute atomic E-state index is 0.423. The van der Waals surface area contributed by atoms with Gasteiger partial charge in [0.25, 0.3) is 5.56 Å². The second-order valence-corrected chi connectivity index (χ2v) is 4.17. The Morgan fingerprint density at radius 3 is 2.62 bits per heavy atom. The Morgan fingerprint density at radius 1 is 1.24 bits per heavy atom. The van der Waals surface area contributed by atoms with Gasteiger partial charge in [-0.15, -0.1) is 0 Å². The van der Waals surface area contributed by atoms with Crippen LogP contribution in [-0.2, 0) is 11.3 Å². The molecular formula is C14H14N2O5. The number of aliphatic carboxylic acids is 1. The molecule has 0 fully saturated rings. The monoisotopic (exact) mass is 290 g/mol. The summed E-state index contributed by atoms with van der Waals surface area (Å²) < 4.78 is 11.3. The maximum Gasteiger partial charge on any atom is 0.325 e. The fourth-order valence-corrected chi connectivity index (χ4v) is 1.85. The summed E-state index contributed by atoms with van der Waals surface area (Å²) in [7, 11) is 3.04. The number of carbonyl (C=O) groups is 1. The fraction of sp³-hybridized carbons (Fsp3) is 0.214. The lowest BCUT2D eigenvalue weighted by molar-refractivity contribution is -0.138. The van der Waals surface area contributed by atoms with E-state index in [0.717, 1.165) is 4.68 Å². The average molecular weight is 290 g/mol. The molecule has 0 aliphatic heterocycles. The van der Waals surface area contributed by atoms with Gasteiger partial charge in [0.2, 0.25) is 0 Å². The molecule has 0 saturated carbocycles. The summed E-state index contributed by atoms with van der Waals surface area (Å²) in [5, 5.41) is 12.8. The van der Waals surface area contributed by atoms with Crippen LogP contribution < -0.4 is 15.0 Å². The summed E-state index contributed by atoms with van der Waals surface area (Å²) in [6.07, 6.45) is 0. The van der Waals surface area contributed by atoms with Crippen molar-refractivity contribution in [3.63, 3.8) is 0 Å². The van der Waals surface area contributed by atoms with Gasteiger partial charge in [-0.1, -0.05) is 0 Å². The molecule has 2 rings (SSSR count). The summed E-state index contributed by atoms with van der Waals surface area (Å²) >= 11 is 0. The van der Waals surface area contributed by atoms with Gasteiger partial charge in [-0.2, -0.15) is 5.10 Å². The first-order valence-corrected chi connectivity index (χ1v) is 6.07. The molecule has 1 N–H and O–H groups in total. The van der Waals surface area contributed by atoms with Gasteiger partial charge in [-0.3, -0.25) is 9.59 Å². The van der Waals surface area contributed by atoms with E-state index in [4.69, 9.17) is 14.6 Å². The van der Waals surface area contributed by atoms with Gasteiger partial charge < -0.3 is 14.6 Å². The Labute approximate surface area is 120 Å². The normalized spacial score (nSPS) is 10.2. The Balaban J connectivity index is 2.55. The average Bonchev–Trinajstić information content (AvgIpc) is 2.48. The molecule has 0 bridgehead atoms. The van der Waals surface area contributed by atoms with Crippen molar-refractivity contribution in [2.45, 2.75) is 6.54 Å². The van der Waals surface area contributed by atoms with E-state index in [1.807, 2.05) is 0 Å². The summed E-state index contributed by atoms with van der Waals surface area (Å²) in [5.74, 6) is 0.00626. The van der Waals surface area contributed by atoms with Gasteiger partial charge in [0.1, 0.15) is 18.0 Å². The van der Waals surface area contributed by atoms with E-state index in [-0.39, 0.29) is 0 Å². The SMILES string of the molecule is COc1ccc(OC)c(-c2ccc(=O)n(CC(=O)O)n2)c1. The first kappa shape index (κ1) is 14.6. The number of nitrogens with zero attached hydrogens (tertiary/aromatic N) is 2. The largest absolute Gasteiger partial charge is 0.497 e. The molecule has 110 valence electrons. The number of carboxylic acids is 1. The number of aromatic nitrogens is 2. The topological polar surface area (TPSA) is 90.7 Å². The molecule has 0 aliphatic carbocycles. The van der Waals surface area contributed by atoms with Crippen LogP contribution in [0.3, 0.4) is 0 Å². The van der Waals surface area contributed by atoms with Crippen molar-refractivity contribution in [1.29, 1.82) is 0 Å². The van der Waals surface area contributed by atoms with Gasteiger partial charge in [-0.25, -0.2) is 4.68 Å². The minimum Gasteiger partial charge on any atom is -0.497 e. The van der Waals surface area contributed by atoms with Crippen molar-refractivity contribution in [1.82, 2.24) is 9.78 Å². The molecular weight excluding hydrogens is 276 g/mol. The first-order valence-electron chi connectivity index (χ1n) is 6.07. The van der Waals surface area contributed by atoms with E-state index in [2.05, 4.69) is 5.10 Å². The van der Waals surface area contributed by atoms with Crippen LogP contribution in [-0.4, -0.2) is 35.1 Å². The second kappa shape index (κ2) is 6.08. The molecule has 1 aromatic heterocycles. The zero-order valence-corrected chi connectivity index (χ0v) is 11.6. The zero-order chi connectivity index (χ0) is 15.4. The lowest BCUT2D eigenvalue weighted by Gasteiger charge is -2.11. The number of methoxy groups -OCH3 is 2. The van der Waals surface area contributed by atoms with Crippen molar-refractivity contribution >= 4 is 5.97 Å². The van der Waals surface area contributed by atoms with Crippen LogP contribution in [0.2, 0.25) is 0 Å². The van der Waals surface area contributed by atoms with Gasteiger partial charge in [0, 0.05) is 11.6 Å². The van der Waals surface area contributed by atoms with E-state index < -0.39 is 18.1 Å². The Morgan fingerprint density at radius 2 is 2.00 bits per heavy atom. The molecule has 1 aromatic carbocycles.